The number of nitrogens with zero attached hydrogens (tertiary/aromatic N) is 1. The summed E-state index contributed by atoms with van der Waals surface area (Å²) in [6.45, 7) is 0.483. The average molecular weight is 440 g/mol. The van der Waals surface area contributed by atoms with Crippen molar-refractivity contribution in [2.75, 3.05) is 13.2 Å². The molecular weight excluding hydrogens is 414 g/mol. The van der Waals surface area contributed by atoms with E-state index in [1.807, 2.05) is 60.7 Å². The van der Waals surface area contributed by atoms with Crippen LogP contribution in [0.5, 0.6) is 5.75 Å². The summed E-state index contributed by atoms with van der Waals surface area (Å²) in [5.41, 5.74) is 3.60. The molecule has 0 saturated heterocycles. The van der Waals surface area contributed by atoms with Gasteiger partial charge in [0.2, 0.25) is 0 Å². The molecule has 1 fully saturated rings. The number of carbonyl (C=O) groups is 2. The van der Waals surface area contributed by atoms with Crippen LogP contribution in [-0.2, 0) is 11.2 Å². The van der Waals surface area contributed by atoms with E-state index in [0.717, 1.165) is 29.5 Å². The highest BCUT2D eigenvalue weighted by Gasteiger charge is 2.23. The van der Waals surface area contributed by atoms with Crippen LogP contribution < -0.4 is 15.4 Å². The number of carbonyl (C=O) groups excluding carboxylic acids is 2. The summed E-state index contributed by atoms with van der Waals surface area (Å²) in [6.07, 6.45) is 2.76. The van der Waals surface area contributed by atoms with Crippen LogP contribution in [-0.4, -0.2) is 31.0 Å². The molecule has 0 atom stereocenters. The van der Waals surface area contributed by atoms with Crippen molar-refractivity contribution in [1.82, 2.24) is 10.6 Å². The molecule has 0 unspecified atom stereocenters. The Bertz CT molecular complexity index is 1180. The second-order valence-electron chi connectivity index (χ2n) is 7.98. The minimum atomic E-state index is -0.181. The molecule has 3 aromatic carbocycles. The molecule has 166 valence electrons. The molecule has 4 rings (SSSR count). The van der Waals surface area contributed by atoms with E-state index in [1.54, 1.807) is 12.1 Å². The molecule has 0 bridgehead atoms. The normalized spacial score (nSPS) is 12.5. The van der Waals surface area contributed by atoms with Crippen LogP contribution in [0.2, 0.25) is 0 Å². The number of benzene rings is 3. The van der Waals surface area contributed by atoms with Crippen LogP contribution in [0.1, 0.15) is 34.3 Å². The van der Waals surface area contributed by atoms with Crippen LogP contribution in [0.25, 0.3) is 11.1 Å². The summed E-state index contributed by atoms with van der Waals surface area (Å²) in [5, 5.41) is 15.3. The van der Waals surface area contributed by atoms with Crippen molar-refractivity contribution >= 4 is 11.8 Å². The molecular formula is C27H25N3O3. The van der Waals surface area contributed by atoms with Crippen LogP contribution >= 0.6 is 0 Å². The van der Waals surface area contributed by atoms with Crippen molar-refractivity contribution in [2.24, 2.45) is 0 Å². The molecule has 0 aromatic heterocycles. The predicted molar refractivity (Wildman–Crippen MR) is 126 cm³/mol. The SMILES string of the molecule is N#Cc1ccccc1-c1ccccc1C(=O)NCCc1ccc(OCC(=O)NC2CC2)cc1. The quantitative estimate of drug-likeness (QED) is 0.530. The van der Waals surface area contributed by atoms with Crippen molar-refractivity contribution < 1.29 is 14.3 Å². The first-order chi connectivity index (χ1) is 16.1. The molecule has 3 aromatic rings. The van der Waals surface area contributed by atoms with E-state index in [4.69, 9.17) is 4.74 Å². The van der Waals surface area contributed by atoms with E-state index < -0.39 is 0 Å². The van der Waals surface area contributed by atoms with Gasteiger partial charge in [-0.05, 0) is 54.7 Å². The number of hydrogen-bond donors (Lipinski definition) is 2. The zero-order valence-corrected chi connectivity index (χ0v) is 18.2. The number of hydrogen-bond acceptors (Lipinski definition) is 4. The highest BCUT2D eigenvalue weighted by atomic mass is 16.5. The van der Waals surface area contributed by atoms with Crippen molar-refractivity contribution in [3.05, 3.63) is 89.5 Å². The third kappa shape index (κ3) is 5.98. The second-order valence-corrected chi connectivity index (χ2v) is 7.98. The fraction of sp³-hybridized carbons (Fsp3) is 0.222. The molecule has 0 heterocycles. The van der Waals surface area contributed by atoms with Crippen molar-refractivity contribution in [3.8, 4) is 22.9 Å². The second kappa shape index (κ2) is 10.5. The smallest absolute Gasteiger partial charge is 0.258 e. The Balaban J connectivity index is 1.31. The van der Waals surface area contributed by atoms with Gasteiger partial charge in [-0.25, -0.2) is 0 Å². The van der Waals surface area contributed by atoms with E-state index in [2.05, 4.69) is 16.7 Å². The van der Waals surface area contributed by atoms with Gasteiger partial charge in [-0.1, -0.05) is 48.5 Å². The third-order valence-electron chi connectivity index (χ3n) is 5.44. The maximum absolute atomic E-state index is 12.9. The first-order valence-electron chi connectivity index (χ1n) is 11.0. The van der Waals surface area contributed by atoms with Gasteiger partial charge in [0.25, 0.3) is 11.8 Å². The molecule has 6 heteroatoms. The highest BCUT2D eigenvalue weighted by molar-refractivity contribution is 6.01. The van der Waals surface area contributed by atoms with Gasteiger partial charge in [-0.3, -0.25) is 9.59 Å². The lowest BCUT2D eigenvalue weighted by Crippen LogP contribution is -2.30. The number of ether oxygens (including phenoxy) is 1. The van der Waals surface area contributed by atoms with Gasteiger partial charge >= 0.3 is 0 Å². The summed E-state index contributed by atoms with van der Waals surface area (Å²) in [4.78, 5) is 24.6. The Labute approximate surface area is 193 Å². The molecule has 0 spiro atoms. The summed E-state index contributed by atoms with van der Waals surface area (Å²) in [7, 11) is 0. The lowest BCUT2D eigenvalue weighted by Gasteiger charge is -2.12. The minimum absolute atomic E-state index is 0.0141. The number of nitrogens with one attached hydrogen (secondary N) is 2. The summed E-state index contributed by atoms with van der Waals surface area (Å²) < 4.78 is 5.52. The molecule has 33 heavy (non-hydrogen) atoms. The third-order valence-corrected chi connectivity index (χ3v) is 5.44. The van der Waals surface area contributed by atoms with Gasteiger partial charge in [0.05, 0.1) is 11.6 Å². The van der Waals surface area contributed by atoms with E-state index in [1.165, 1.54) is 0 Å². The predicted octanol–water partition coefficient (Wildman–Crippen LogP) is 3.86. The lowest BCUT2D eigenvalue weighted by molar-refractivity contribution is -0.123. The Hall–Kier alpha value is -4.11. The summed E-state index contributed by atoms with van der Waals surface area (Å²) in [5.74, 6) is 0.362. The zero-order chi connectivity index (χ0) is 23.0. The number of amides is 2. The Morgan fingerprint density at radius 3 is 2.36 bits per heavy atom. The van der Waals surface area contributed by atoms with Gasteiger partial charge in [-0.2, -0.15) is 5.26 Å². The van der Waals surface area contributed by atoms with Crippen LogP contribution in [0.4, 0.5) is 0 Å². The van der Waals surface area contributed by atoms with Gasteiger partial charge in [0.1, 0.15) is 5.75 Å². The maximum atomic E-state index is 12.9. The van der Waals surface area contributed by atoms with E-state index in [0.29, 0.717) is 35.9 Å². The summed E-state index contributed by atoms with van der Waals surface area (Å²) in [6, 6.07) is 24.6. The van der Waals surface area contributed by atoms with Crippen LogP contribution in [0, 0.1) is 11.3 Å². The minimum Gasteiger partial charge on any atom is -0.484 e. The van der Waals surface area contributed by atoms with Crippen LogP contribution in [0.15, 0.2) is 72.8 Å². The van der Waals surface area contributed by atoms with E-state index in [-0.39, 0.29) is 18.4 Å². The topological polar surface area (TPSA) is 91.2 Å². The van der Waals surface area contributed by atoms with E-state index in [9.17, 15) is 14.9 Å². The molecule has 1 aliphatic carbocycles. The van der Waals surface area contributed by atoms with Gasteiger partial charge in [0.15, 0.2) is 6.61 Å². The molecule has 1 aliphatic rings. The van der Waals surface area contributed by atoms with E-state index >= 15 is 0 Å². The average Bonchev–Trinajstić information content (AvgIpc) is 3.67. The Morgan fingerprint density at radius 2 is 1.64 bits per heavy atom. The van der Waals surface area contributed by atoms with Gasteiger partial charge in [-0.15, -0.1) is 0 Å². The first kappa shape index (κ1) is 22.1. The molecule has 0 radical (unpaired) electrons. The van der Waals surface area contributed by atoms with Crippen molar-refractivity contribution in [3.63, 3.8) is 0 Å². The molecule has 2 N–H and O–H groups in total. The molecule has 1 saturated carbocycles. The van der Waals surface area contributed by atoms with Crippen LogP contribution in [0.3, 0.4) is 0 Å². The Kier molecular flexibility index (Phi) is 7.01. The Morgan fingerprint density at radius 1 is 0.939 bits per heavy atom. The maximum Gasteiger partial charge on any atom is 0.258 e. The molecule has 0 aliphatic heterocycles. The fourth-order valence-electron chi connectivity index (χ4n) is 3.55. The van der Waals surface area contributed by atoms with Gasteiger partial charge in [0, 0.05) is 23.7 Å². The largest absolute Gasteiger partial charge is 0.484 e. The number of rotatable bonds is 9. The standard InChI is InChI=1S/C27H25N3O3/c28-17-20-5-1-2-6-23(20)24-7-3-4-8-25(24)27(32)29-16-15-19-9-13-22(14-10-19)33-18-26(31)30-21-11-12-21/h1-10,13-14,21H,11-12,15-16,18H2,(H,29,32)(H,30,31). The van der Waals surface area contributed by atoms with Crippen molar-refractivity contribution in [1.29, 1.82) is 5.26 Å². The van der Waals surface area contributed by atoms with Crippen molar-refractivity contribution in [2.45, 2.75) is 25.3 Å². The number of nitriles is 1. The lowest BCUT2D eigenvalue weighted by atomic mass is 9.95. The van der Waals surface area contributed by atoms with Gasteiger partial charge < -0.3 is 15.4 Å². The fourth-order valence-corrected chi connectivity index (χ4v) is 3.55. The highest BCUT2D eigenvalue weighted by Crippen LogP contribution is 2.26. The summed E-state index contributed by atoms with van der Waals surface area (Å²) >= 11 is 0. The molecule has 6 nitrogen and oxygen atoms in total. The monoisotopic (exact) mass is 439 g/mol. The zero-order valence-electron chi connectivity index (χ0n) is 18.2. The first-order valence-corrected chi connectivity index (χ1v) is 11.0. The molecule has 2 amide bonds.